The zero-order valence-electron chi connectivity index (χ0n) is 15.5. The molecule has 1 aromatic carbocycles. The Morgan fingerprint density at radius 2 is 2.00 bits per heavy atom. The van der Waals surface area contributed by atoms with Gasteiger partial charge in [-0.3, -0.25) is 14.2 Å². The zero-order valence-corrected chi connectivity index (χ0v) is 16.3. The van der Waals surface area contributed by atoms with Crippen LogP contribution in [0, 0.1) is 12.8 Å². The smallest absolute Gasteiger partial charge is 0.237 e. The molecular formula is C18H25N5O2S. The van der Waals surface area contributed by atoms with Gasteiger partial charge < -0.3 is 11.1 Å². The molecule has 2 rings (SSSR count). The van der Waals surface area contributed by atoms with Gasteiger partial charge in [0.25, 0.3) is 0 Å². The molecule has 1 heterocycles. The molecule has 0 saturated heterocycles. The second-order valence-electron chi connectivity index (χ2n) is 6.62. The molecular weight excluding hydrogens is 350 g/mol. The third-order valence-corrected chi connectivity index (χ3v) is 4.99. The number of carbonyl (C=O) groups excluding carboxylic acids is 2. The molecule has 3 N–H and O–H groups in total. The van der Waals surface area contributed by atoms with Crippen molar-refractivity contribution in [3.63, 3.8) is 0 Å². The summed E-state index contributed by atoms with van der Waals surface area (Å²) in [5.41, 5.74) is 7.31. The fourth-order valence-corrected chi connectivity index (χ4v) is 3.03. The Balaban J connectivity index is 2.18. The maximum absolute atomic E-state index is 12.1. The lowest BCUT2D eigenvalue weighted by molar-refractivity contribution is -0.119. The molecule has 0 radical (unpaired) electrons. The Labute approximate surface area is 157 Å². The Hall–Kier alpha value is -2.35. The van der Waals surface area contributed by atoms with E-state index in [1.54, 1.807) is 4.57 Å². The molecule has 0 spiro atoms. The van der Waals surface area contributed by atoms with Crippen molar-refractivity contribution in [3.8, 4) is 11.4 Å². The number of nitrogens with two attached hydrogens (primary N) is 1. The highest BCUT2D eigenvalue weighted by Gasteiger charge is 2.18. The van der Waals surface area contributed by atoms with Crippen LogP contribution in [0.3, 0.4) is 0 Å². The van der Waals surface area contributed by atoms with Gasteiger partial charge in [0.2, 0.25) is 11.8 Å². The van der Waals surface area contributed by atoms with Gasteiger partial charge in [0.05, 0.1) is 5.75 Å². The van der Waals surface area contributed by atoms with E-state index in [0.717, 1.165) is 11.1 Å². The molecule has 1 unspecified atom stereocenters. The Bertz CT molecular complexity index is 788. The number of amides is 2. The molecule has 0 saturated carbocycles. The maximum atomic E-state index is 12.1. The third-order valence-electron chi connectivity index (χ3n) is 4.03. The molecule has 7 nitrogen and oxygen atoms in total. The molecule has 1 atom stereocenters. The van der Waals surface area contributed by atoms with Gasteiger partial charge >= 0.3 is 0 Å². The fourth-order valence-electron chi connectivity index (χ4n) is 2.28. The van der Waals surface area contributed by atoms with Crippen molar-refractivity contribution in [2.24, 2.45) is 11.7 Å². The summed E-state index contributed by atoms with van der Waals surface area (Å²) in [4.78, 5) is 23.6. The number of aromatic nitrogens is 3. The third kappa shape index (κ3) is 5.32. The minimum Gasteiger partial charge on any atom is -0.368 e. The first-order chi connectivity index (χ1) is 12.3. The lowest BCUT2D eigenvalue weighted by atomic mass is 10.1. The molecule has 2 aromatic rings. The molecule has 0 fully saturated rings. The summed E-state index contributed by atoms with van der Waals surface area (Å²) in [7, 11) is 0. The van der Waals surface area contributed by atoms with E-state index in [-0.39, 0.29) is 24.2 Å². The van der Waals surface area contributed by atoms with Gasteiger partial charge in [0.1, 0.15) is 6.54 Å². The lowest BCUT2D eigenvalue weighted by Crippen LogP contribution is -2.37. The quantitative estimate of drug-likeness (QED) is 0.687. The fraction of sp³-hybridized carbons (Fsp3) is 0.444. The van der Waals surface area contributed by atoms with Crippen LogP contribution in [0.5, 0.6) is 0 Å². The van der Waals surface area contributed by atoms with Gasteiger partial charge in [-0.1, -0.05) is 49.4 Å². The summed E-state index contributed by atoms with van der Waals surface area (Å²) in [5.74, 6) is 0.545. The number of hydrogen-bond acceptors (Lipinski definition) is 5. The zero-order chi connectivity index (χ0) is 19.3. The molecule has 1 aromatic heterocycles. The first-order valence-corrected chi connectivity index (χ1v) is 9.47. The van der Waals surface area contributed by atoms with Gasteiger partial charge in [0, 0.05) is 11.6 Å². The van der Waals surface area contributed by atoms with E-state index in [1.165, 1.54) is 11.8 Å². The highest BCUT2D eigenvalue weighted by molar-refractivity contribution is 7.99. The topological polar surface area (TPSA) is 103 Å². The maximum Gasteiger partial charge on any atom is 0.237 e. The number of primary amides is 1. The van der Waals surface area contributed by atoms with Crippen LogP contribution in [-0.4, -0.2) is 38.4 Å². The Morgan fingerprint density at radius 1 is 1.27 bits per heavy atom. The summed E-state index contributed by atoms with van der Waals surface area (Å²) in [5, 5.41) is 11.8. The van der Waals surface area contributed by atoms with E-state index in [9.17, 15) is 9.59 Å². The van der Waals surface area contributed by atoms with Crippen molar-refractivity contribution in [1.29, 1.82) is 0 Å². The van der Waals surface area contributed by atoms with Crippen molar-refractivity contribution >= 4 is 23.6 Å². The predicted octanol–water partition coefficient (Wildman–Crippen LogP) is 1.99. The number of carbonyl (C=O) groups is 2. The van der Waals surface area contributed by atoms with Crippen molar-refractivity contribution in [1.82, 2.24) is 20.1 Å². The van der Waals surface area contributed by atoms with Crippen molar-refractivity contribution in [3.05, 3.63) is 29.8 Å². The van der Waals surface area contributed by atoms with Crippen LogP contribution in [0.15, 0.2) is 29.4 Å². The first-order valence-electron chi connectivity index (χ1n) is 8.48. The number of nitrogens with one attached hydrogen (secondary N) is 1. The van der Waals surface area contributed by atoms with E-state index in [1.807, 2.05) is 38.1 Å². The Morgan fingerprint density at radius 3 is 2.62 bits per heavy atom. The molecule has 0 bridgehead atoms. The number of thioether (sulfide) groups is 1. The summed E-state index contributed by atoms with van der Waals surface area (Å²) >= 11 is 1.24. The molecule has 8 heteroatoms. The highest BCUT2D eigenvalue weighted by atomic mass is 32.2. The van der Waals surface area contributed by atoms with Crippen molar-refractivity contribution in [2.75, 3.05) is 5.75 Å². The minimum absolute atomic E-state index is 0.0391. The van der Waals surface area contributed by atoms with Crippen molar-refractivity contribution < 1.29 is 9.59 Å². The summed E-state index contributed by atoms with van der Waals surface area (Å²) in [6.45, 7) is 8.01. The van der Waals surface area contributed by atoms with Gasteiger partial charge in [-0.05, 0) is 25.8 Å². The average Bonchev–Trinajstić information content (AvgIpc) is 2.94. The highest BCUT2D eigenvalue weighted by Crippen LogP contribution is 2.24. The monoisotopic (exact) mass is 375 g/mol. The number of rotatable bonds is 8. The molecule has 0 aliphatic rings. The molecule has 26 heavy (non-hydrogen) atoms. The molecule has 2 amide bonds. The lowest BCUT2D eigenvalue weighted by Gasteiger charge is -2.17. The van der Waals surface area contributed by atoms with Crippen molar-refractivity contribution in [2.45, 2.75) is 45.4 Å². The number of benzene rings is 1. The van der Waals surface area contributed by atoms with Gasteiger partial charge in [-0.2, -0.15) is 0 Å². The van der Waals surface area contributed by atoms with E-state index >= 15 is 0 Å². The summed E-state index contributed by atoms with van der Waals surface area (Å²) in [6, 6.07) is 7.86. The molecule has 0 aliphatic heterocycles. The second-order valence-corrected chi connectivity index (χ2v) is 7.56. The summed E-state index contributed by atoms with van der Waals surface area (Å²) in [6.07, 6.45) is 0. The van der Waals surface area contributed by atoms with Crippen LogP contribution in [0.1, 0.15) is 26.3 Å². The molecule has 140 valence electrons. The Kier molecular flexibility index (Phi) is 6.79. The number of nitrogens with zero attached hydrogens (tertiary/aromatic N) is 3. The number of hydrogen-bond donors (Lipinski definition) is 2. The first kappa shape index (κ1) is 20.0. The van der Waals surface area contributed by atoms with Crippen LogP contribution in [0.4, 0.5) is 0 Å². The van der Waals surface area contributed by atoms with Gasteiger partial charge in [-0.25, -0.2) is 0 Å². The second kappa shape index (κ2) is 8.84. The minimum atomic E-state index is -0.488. The van der Waals surface area contributed by atoms with Gasteiger partial charge in [0.15, 0.2) is 11.0 Å². The average molecular weight is 375 g/mol. The summed E-state index contributed by atoms with van der Waals surface area (Å²) < 4.78 is 1.65. The number of aryl methyl sites for hydroxylation is 1. The van der Waals surface area contributed by atoms with Crippen LogP contribution in [0.2, 0.25) is 0 Å². The van der Waals surface area contributed by atoms with Gasteiger partial charge in [-0.15, -0.1) is 10.2 Å². The van der Waals surface area contributed by atoms with E-state index in [4.69, 9.17) is 5.73 Å². The predicted molar refractivity (Wildman–Crippen MR) is 103 cm³/mol. The largest absolute Gasteiger partial charge is 0.368 e. The standard InChI is InChI=1S/C18H25N5O2S/c1-11(2)13(4)20-16(25)10-26-18-22-21-17(23(18)9-15(19)24)14-7-5-6-12(3)8-14/h5-8,11,13H,9-10H2,1-4H3,(H2,19,24)(H,20,25). The van der Waals surface area contributed by atoms with Crippen LogP contribution in [-0.2, 0) is 16.1 Å². The van der Waals surface area contributed by atoms with E-state index in [0.29, 0.717) is 16.9 Å². The normalized spacial score (nSPS) is 12.2. The van der Waals surface area contributed by atoms with Crippen LogP contribution < -0.4 is 11.1 Å². The van der Waals surface area contributed by atoms with Crippen LogP contribution in [0.25, 0.3) is 11.4 Å². The van der Waals surface area contributed by atoms with E-state index in [2.05, 4.69) is 29.4 Å². The SMILES string of the molecule is Cc1cccc(-c2nnc(SCC(=O)NC(C)C(C)C)n2CC(N)=O)c1. The van der Waals surface area contributed by atoms with E-state index < -0.39 is 5.91 Å². The molecule has 0 aliphatic carbocycles. The van der Waals surface area contributed by atoms with Crippen LogP contribution >= 0.6 is 11.8 Å².